The summed E-state index contributed by atoms with van der Waals surface area (Å²) in [6.07, 6.45) is 1.08. The fourth-order valence-electron chi connectivity index (χ4n) is 1.29. The molecule has 1 rings (SSSR count). The topological polar surface area (TPSA) is 60.4 Å². The first-order valence-electron chi connectivity index (χ1n) is 5.34. The molecule has 0 spiro atoms. The molecule has 0 N–H and O–H groups in total. The molecule has 0 amide bonds. The van der Waals surface area contributed by atoms with E-state index in [0.717, 1.165) is 4.88 Å². The summed E-state index contributed by atoms with van der Waals surface area (Å²) in [7, 11) is -3.16. The lowest BCUT2D eigenvalue weighted by Gasteiger charge is -2.02. The van der Waals surface area contributed by atoms with Gasteiger partial charge in [-0.25, -0.2) is 8.42 Å². The number of sulfone groups is 1. The van der Waals surface area contributed by atoms with E-state index in [9.17, 15) is 13.2 Å². The zero-order valence-electron chi connectivity index (χ0n) is 9.93. The number of hydrogen-bond donors (Lipinski definition) is 0. The Morgan fingerprint density at radius 1 is 1.35 bits per heavy atom. The van der Waals surface area contributed by atoms with Crippen LogP contribution in [0.1, 0.15) is 24.6 Å². The van der Waals surface area contributed by atoms with Crippen LogP contribution in [0.25, 0.3) is 0 Å². The molecule has 96 valence electrons. The molecule has 0 saturated carbocycles. The van der Waals surface area contributed by atoms with Crippen LogP contribution < -0.4 is 0 Å². The maximum Gasteiger partial charge on any atom is 0.302 e. The van der Waals surface area contributed by atoms with Gasteiger partial charge in [-0.1, -0.05) is 0 Å². The van der Waals surface area contributed by atoms with Gasteiger partial charge in [-0.15, -0.1) is 11.3 Å². The molecule has 0 fully saturated rings. The number of esters is 1. The minimum absolute atomic E-state index is 0.105. The van der Waals surface area contributed by atoms with Gasteiger partial charge in [0.05, 0.1) is 12.4 Å². The van der Waals surface area contributed by atoms with E-state index < -0.39 is 9.84 Å². The fraction of sp³-hybridized carbons (Fsp3) is 0.545. The Balaban J connectivity index is 2.38. The van der Waals surface area contributed by atoms with E-state index >= 15 is 0 Å². The molecule has 0 unspecified atom stereocenters. The van der Waals surface area contributed by atoms with Crippen LogP contribution in [-0.2, 0) is 19.4 Å². The van der Waals surface area contributed by atoms with Gasteiger partial charge < -0.3 is 4.74 Å². The molecule has 1 heterocycles. The Bertz CT molecular complexity index is 473. The summed E-state index contributed by atoms with van der Waals surface area (Å²) in [5, 5.41) is 0. The molecule has 6 heteroatoms. The fourth-order valence-corrected chi connectivity index (χ4v) is 4.09. The molecule has 17 heavy (non-hydrogen) atoms. The minimum atomic E-state index is -3.16. The van der Waals surface area contributed by atoms with Crippen LogP contribution in [0.4, 0.5) is 0 Å². The van der Waals surface area contributed by atoms with Crippen molar-refractivity contribution >= 4 is 27.1 Å². The van der Waals surface area contributed by atoms with E-state index in [2.05, 4.69) is 0 Å². The minimum Gasteiger partial charge on any atom is -0.466 e. The third kappa shape index (κ3) is 4.87. The van der Waals surface area contributed by atoms with Crippen molar-refractivity contribution in [2.45, 2.75) is 30.9 Å². The van der Waals surface area contributed by atoms with Crippen molar-refractivity contribution in [3.8, 4) is 0 Å². The van der Waals surface area contributed by atoms with Crippen molar-refractivity contribution in [3.63, 3.8) is 0 Å². The van der Waals surface area contributed by atoms with E-state index in [-0.39, 0.29) is 18.3 Å². The molecule has 0 saturated heterocycles. The summed E-state index contributed by atoms with van der Waals surface area (Å²) in [6.45, 7) is 3.50. The molecule has 0 radical (unpaired) electrons. The van der Waals surface area contributed by atoms with Crippen LogP contribution in [-0.4, -0.2) is 26.7 Å². The van der Waals surface area contributed by atoms with Gasteiger partial charge in [0.1, 0.15) is 4.21 Å². The van der Waals surface area contributed by atoms with E-state index in [1.165, 1.54) is 18.3 Å². The Morgan fingerprint density at radius 3 is 2.59 bits per heavy atom. The Kier molecular flexibility index (Phi) is 5.14. The van der Waals surface area contributed by atoms with Gasteiger partial charge in [0, 0.05) is 11.8 Å². The van der Waals surface area contributed by atoms with Gasteiger partial charge in [-0.2, -0.15) is 0 Å². The summed E-state index contributed by atoms with van der Waals surface area (Å²) < 4.78 is 28.8. The molecule has 0 bridgehead atoms. The number of carbonyl (C=O) groups is 1. The van der Waals surface area contributed by atoms with Gasteiger partial charge in [0.2, 0.25) is 0 Å². The summed E-state index contributed by atoms with van der Waals surface area (Å²) in [5.41, 5.74) is 0. The predicted octanol–water partition coefficient (Wildman–Crippen LogP) is 2.17. The van der Waals surface area contributed by atoms with Crippen molar-refractivity contribution in [2.24, 2.45) is 0 Å². The SMILES string of the molecule is CC(=O)OCCCCS(=O)(=O)c1ccc(C)s1. The summed E-state index contributed by atoms with van der Waals surface area (Å²) in [4.78, 5) is 11.5. The quantitative estimate of drug-likeness (QED) is 0.590. The van der Waals surface area contributed by atoms with E-state index in [0.29, 0.717) is 17.1 Å². The summed E-state index contributed by atoms with van der Waals surface area (Å²) >= 11 is 1.29. The normalized spacial score (nSPS) is 11.4. The van der Waals surface area contributed by atoms with Crippen LogP contribution in [0.5, 0.6) is 0 Å². The summed E-state index contributed by atoms with van der Waals surface area (Å²) in [6, 6.07) is 3.44. The van der Waals surface area contributed by atoms with Crippen LogP contribution in [0.3, 0.4) is 0 Å². The average molecular weight is 276 g/mol. The number of aryl methyl sites for hydroxylation is 1. The zero-order chi connectivity index (χ0) is 12.9. The van der Waals surface area contributed by atoms with Crippen LogP contribution in [0.15, 0.2) is 16.3 Å². The largest absolute Gasteiger partial charge is 0.466 e. The highest BCUT2D eigenvalue weighted by molar-refractivity contribution is 7.93. The smallest absolute Gasteiger partial charge is 0.302 e. The van der Waals surface area contributed by atoms with Crippen LogP contribution >= 0.6 is 11.3 Å². The molecule has 0 aliphatic heterocycles. The Morgan fingerprint density at radius 2 is 2.06 bits per heavy atom. The second-order valence-corrected chi connectivity index (χ2v) is 7.35. The standard InChI is InChI=1S/C11H16O4S2/c1-9-5-6-11(16-9)17(13,14)8-4-3-7-15-10(2)12/h5-6H,3-4,7-8H2,1-2H3. The molecule has 0 aromatic carbocycles. The zero-order valence-corrected chi connectivity index (χ0v) is 11.6. The molecular formula is C11H16O4S2. The second-order valence-electron chi connectivity index (χ2n) is 3.73. The first-order chi connectivity index (χ1) is 7.92. The number of rotatable bonds is 6. The van der Waals surface area contributed by atoms with Crippen LogP contribution in [0, 0.1) is 6.92 Å². The molecular weight excluding hydrogens is 260 g/mol. The lowest BCUT2D eigenvalue weighted by Crippen LogP contribution is -2.07. The lowest BCUT2D eigenvalue weighted by atomic mass is 10.4. The van der Waals surface area contributed by atoms with Crippen molar-refractivity contribution in [1.82, 2.24) is 0 Å². The van der Waals surface area contributed by atoms with Gasteiger partial charge >= 0.3 is 5.97 Å². The second kappa shape index (κ2) is 6.16. The molecule has 1 aromatic heterocycles. The number of ether oxygens (including phenoxy) is 1. The monoisotopic (exact) mass is 276 g/mol. The number of unbranched alkanes of at least 4 members (excludes halogenated alkanes) is 1. The number of thiophene rings is 1. The number of hydrogen-bond acceptors (Lipinski definition) is 5. The molecule has 4 nitrogen and oxygen atoms in total. The van der Waals surface area contributed by atoms with Crippen molar-refractivity contribution in [3.05, 3.63) is 17.0 Å². The highest BCUT2D eigenvalue weighted by atomic mass is 32.2. The molecule has 0 aliphatic rings. The van der Waals surface area contributed by atoms with Crippen molar-refractivity contribution in [2.75, 3.05) is 12.4 Å². The van der Waals surface area contributed by atoms with Gasteiger partial charge in [-0.05, 0) is 31.9 Å². The predicted molar refractivity (Wildman–Crippen MR) is 67.0 cm³/mol. The highest BCUT2D eigenvalue weighted by Crippen LogP contribution is 2.22. The molecule has 0 aliphatic carbocycles. The lowest BCUT2D eigenvalue weighted by molar-refractivity contribution is -0.141. The van der Waals surface area contributed by atoms with Crippen molar-refractivity contribution in [1.29, 1.82) is 0 Å². The third-order valence-corrected chi connectivity index (χ3v) is 5.52. The van der Waals surface area contributed by atoms with Gasteiger partial charge in [0.15, 0.2) is 9.84 Å². The van der Waals surface area contributed by atoms with Crippen LogP contribution in [0.2, 0.25) is 0 Å². The third-order valence-electron chi connectivity index (χ3n) is 2.13. The van der Waals surface area contributed by atoms with Gasteiger partial charge in [-0.3, -0.25) is 4.79 Å². The highest BCUT2D eigenvalue weighted by Gasteiger charge is 2.15. The first-order valence-corrected chi connectivity index (χ1v) is 7.81. The number of carbonyl (C=O) groups excluding carboxylic acids is 1. The maximum atomic E-state index is 11.8. The molecule has 0 atom stereocenters. The maximum absolute atomic E-state index is 11.8. The van der Waals surface area contributed by atoms with Crippen molar-refractivity contribution < 1.29 is 17.9 Å². The Hall–Kier alpha value is -0.880. The van der Waals surface area contributed by atoms with E-state index in [1.807, 2.05) is 6.92 Å². The average Bonchev–Trinajstić information content (AvgIpc) is 2.64. The van der Waals surface area contributed by atoms with E-state index in [4.69, 9.17) is 4.74 Å². The van der Waals surface area contributed by atoms with E-state index in [1.54, 1.807) is 12.1 Å². The van der Waals surface area contributed by atoms with Gasteiger partial charge in [0.25, 0.3) is 0 Å². The summed E-state index contributed by atoms with van der Waals surface area (Å²) in [5.74, 6) is -0.226. The first kappa shape index (κ1) is 14.2. The Labute approximate surface area is 106 Å². The molecule has 1 aromatic rings.